The molecule has 3 saturated heterocycles. The van der Waals surface area contributed by atoms with Crippen LogP contribution < -0.4 is 26.1 Å². The molecular formula is C27H34F3N7O4. The molecule has 3 aliphatic heterocycles. The van der Waals surface area contributed by atoms with Crippen molar-refractivity contribution in [3.05, 3.63) is 47.2 Å². The Balaban J connectivity index is 1.39. The molecule has 1 aromatic heterocycles. The molecule has 5 rings (SSSR count). The van der Waals surface area contributed by atoms with Gasteiger partial charge in [-0.05, 0) is 42.7 Å². The highest BCUT2D eigenvalue weighted by Gasteiger charge is 2.48. The number of anilines is 2. The Labute approximate surface area is 235 Å². The van der Waals surface area contributed by atoms with E-state index in [1.54, 1.807) is 21.3 Å². The maximum atomic E-state index is 14.0. The fourth-order valence-electron chi connectivity index (χ4n) is 5.71. The highest BCUT2D eigenvalue weighted by atomic mass is 19.4. The highest BCUT2D eigenvalue weighted by molar-refractivity contribution is 5.96. The maximum Gasteiger partial charge on any atom is 0.434 e. The third kappa shape index (κ3) is 6.04. The van der Waals surface area contributed by atoms with Crippen LogP contribution in [0.5, 0.6) is 5.75 Å². The van der Waals surface area contributed by atoms with E-state index in [1.165, 1.54) is 22.0 Å². The zero-order chi connectivity index (χ0) is 29.3. The van der Waals surface area contributed by atoms with Gasteiger partial charge in [-0.15, -0.1) is 0 Å². The lowest BCUT2D eigenvalue weighted by atomic mass is 9.88. The van der Waals surface area contributed by atoms with Crippen molar-refractivity contribution in [1.82, 2.24) is 25.6 Å². The predicted molar refractivity (Wildman–Crippen MR) is 144 cm³/mol. The summed E-state index contributed by atoms with van der Waals surface area (Å²) < 4.78 is 52.8. The Morgan fingerprint density at radius 2 is 1.90 bits per heavy atom. The lowest BCUT2D eigenvalue weighted by molar-refractivity contribution is -0.141. The minimum atomic E-state index is -4.81. The summed E-state index contributed by atoms with van der Waals surface area (Å²) in [5.41, 5.74) is 2.97. The number of pyridine rings is 1. The van der Waals surface area contributed by atoms with E-state index >= 15 is 0 Å². The largest absolute Gasteiger partial charge is 0.495 e. The van der Waals surface area contributed by atoms with Gasteiger partial charge in [0, 0.05) is 39.7 Å². The minimum Gasteiger partial charge on any atom is -0.495 e. The number of alkyl halides is 3. The number of fused-ring (bicyclic) bond motifs is 1. The second kappa shape index (κ2) is 11.7. The number of amides is 2. The van der Waals surface area contributed by atoms with Crippen LogP contribution in [0.15, 0.2) is 30.3 Å². The molecule has 14 heteroatoms. The number of nitrogens with one attached hydrogen (secondary N) is 4. The fourth-order valence-corrected chi connectivity index (χ4v) is 5.71. The first kappa shape index (κ1) is 28.9. The maximum absolute atomic E-state index is 14.0. The van der Waals surface area contributed by atoms with E-state index in [0.29, 0.717) is 37.6 Å². The van der Waals surface area contributed by atoms with Crippen LogP contribution in [-0.2, 0) is 22.3 Å². The molecule has 222 valence electrons. The topological polar surface area (TPSA) is 120 Å². The van der Waals surface area contributed by atoms with E-state index < -0.39 is 47.6 Å². The van der Waals surface area contributed by atoms with Crippen LogP contribution in [0.2, 0.25) is 0 Å². The van der Waals surface area contributed by atoms with Crippen LogP contribution >= 0.6 is 0 Å². The second-order valence-electron chi connectivity index (χ2n) is 10.4. The molecule has 1 aromatic carbocycles. The molecule has 2 aromatic rings. The molecule has 0 aliphatic carbocycles. The number of hydrogen-bond donors (Lipinski definition) is 4. The molecule has 41 heavy (non-hydrogen) atoms. The SMILES string of the molecule is COCc1ccc(NC2CC(Nc3ccc(C(=O)N4CCCC4)c(C(F)(F)F)n3)NC3NN(C)C(=O)C23)c(OC)c1. The Kier molecular flexibility index (Phi) is 8.25. The summed E-state index contributed by atoms with van der Waals surface area (Å²) in [6.07, 6.45) is -4.02. The molecule has 4 N–H and O–H groups in total. The molecule has 3 aliphatic rings. The van der Waals surface area contributed by atoms with Gasteiger partial charge in [0.25, 0.3) is 5.91 Å². The molecule has 4 unspecified atom stereocenters. The Hall–Kier alpha value is -3.62. The first-order valence-electron chi connectivity index (χ1n) is 13.4. The second-order valence-corrected chi connectivity index (χ2v) is 10.4. The monoisotopic (exact) mass is 577 g/mol. The summed E-state index contributed by atoms with van der Waals surface area (Å²) in [4.78, 5) is 31.1. The van der Waals surface area contributed by atoms with Crippen molar-refractivity contribution in [3.8, 4) is 5.75 Å². The van der Waals surface area contributed by atoms with Crippen molar-refractivity contribution in [2.45, 2.75) is 50.4 Å². The van der Waals surface area contributed by atoms with Gasteiger partial charge >= 0.3 is 6.18 Å². The van der Waals surface area contributed by atoms with Crippen molar-refractivity contribution in [1.29, 1.82) is 0 Å². The number of likely N-dealkylation sites (tertiary alicyclic amines) is 1. The van der Waals surface area contributed by atoms with Gasteiger partial charge in [-0.2, -0.15) is 13.2 Å². The molecule has 3 fully saturated rings. The fraction of sp³-hybridized carbons (Fsp3) is 0.519. The summed E-state index contributed by atoms with van der Waals surface area (Å²) in [5.74, 6) is -0.764. The average molecular weight is 578 g/mol. The summed E-state index contributed by atoms with van der Waals surface area (Å²) in [6.45, 7) is 1.27. The van der Waals surface area contributed by atoms with E-state index in [0.717, 1.165) is 18.4 Å². The number of nitrogens with zero attached hydrogens (tertiary/aromatic N) is 3. The van der Waals surface area contributed by atoms with Crippen molar-refractivity contribution >= 4 is 23.3 Å². The zero-order valence-corrected chi connectivity index (χ0v) is 23.0. The molecule has 4 heterocycles. The Bertz CT molecular complexity index is 1290. The zero-order valence-electron chi connectivity index (χ0n) is 23.0. The van der Waals surface area contributed by atoms with E-state index in [4.69, 9.17) is 9.47 Å². The highest BCUT2D eigenvalue weighted by Crippen LogP contribution is 2.35. The molecule has 4 atom stereocenters. The van der Waals surface area contributed by atoms with Gasteiger partial charge in [-0.1, -0.05) is 6.07 Å². The van der Waals surface area contributed by atoms with Crippen molar-refractivity contribution in [3.63, 3.8) is 0 Å². The van der Waals surface area contributed by atoms with Crippen molar-refractivity contribution in [2.75, 3.05) is 45.0 Å². The predicted octanol–water partition coefficient (Wildman–Crippen LogP) is 2.62. The number of methoxy groups -OCH3 is 2. The normalized spacial score (nSPS) is 24.4. The van der Waals surface area contributed by atoms with Crippen LogP contribution in [0.25, 0.3) is 0 Å². The number of piperidine rings is 1. The summed E-state index contributed by atoms with van der Waals surface area (Å²) in [7, 11) is 4.77. The van der Waals surface area contributed by atoms with Gasteiger partial charge in [0.2, 0.25) is 5.91 Å². The Morgan fingerprint density at radius 3 is 2.59 bits per heavy atom. The van der Waals surface area contributed by atoms with Crippen LogP contribution in [0, 0.1) is 5.92 Å². The van der Waals surface area contributed by atoms with E-state index in [-0.39, 0.29) is 11.7 Å². The van der Waals surface area contributed by atoms with Crippen molar-refractivity contribution < 1.29 is 32.2 Å². The lowest BCUT2D eigenvalue weighted by Crippen LogP contribution is -2.61. The van der Waals surface area contributed by atoms with Crippen molar-refractivity contribution in [2.24, 2.45) is 5.92 Å². The average Bonchev–Trinajstić information content (AvgIpc) is 3.57. The number of benzene rings is 1. The van der Waals surface area contributed by atoms with Crippen LogP contribution in [-0.4, -0.2) is 79.4 Å². The molecule has 0 bridgehead atoms. The summed E-state index contributed by atoms with van der Waals surface area (Å²) >= 11 is 0. The van der Waals surface area contributed by atoms with Crippen LogP contribution in [0.4, 0.5) is 24.7 Å². The van der Waals surface area contributed by atoms with Crippen LogP contribution in [0.1, 0.15) is 40.9 Å². The minimum absolute atomic E-state index is 0.0378. The summed E-state index contributed by atoms with van der Waals surface area (Å²) in [5, 5.41) is 11.1. The Morgan fingerprint density at radius 1 is 1.15 bits per heavy atom. The number of carbonyl (C=O) groups excluding carboxylic acids is 2. The first-order valence-corrected chi connectivity index (χ1v) is 13.4. The van der Waals surface area contributed by atoms with E-state index in [2.05, 4.69) is 26.4 Å². The molecular weight excluding hydrogens is 543 g/mol. The first-order chi connectivity index (χ1) is 19.6. The molecule has 11 nitrogen and oxygen atoms in total. The van der Waals surface area contributed by atoms with Gasteiger partial charge in [-0.3, -0.25) is 19.9 Å². The molecule has 0 radical (unpaired) electrons. The summed E-state index contributed by atoms with van der Waals surface area (Å²) in [6, 6.07) is 7.72. The third-order valence-corrected chi connectivity index (χ3v) is 7.64. The van der Waals surface area contributed by atoms with Gasteiger partial charge in [0.05, 0.1) is 43.2 Å². The standard InChI is InChI=1S/C27H34F3N7O4/c1-36-26(39)22-18(31-17-8-6-15(14-40-2)12-19(17)41-3)13-21(34-24(22)35-36)32-20-9-7-16(23(33-20)27(28,29)30)25(38)37-10-4-5-11-37/h6-9,12,18,21-22,24,31,34-35H,4-5,10-11,13-14H2,1-3H3,(H,32,33). The van der Waals surface area contributed by atoms with E-state index in [1.807, 2.05) is 18.2 Å². The quantitative estimate of drug-likeness (QED) is 0.375. The number of ether oxygens (including phenoxy) is 2. The van der Waals surface area contributed by atoms with E-state index in [9.17, 15) is 22.8 Å². The number of rotatable bonds is 8. The number of carbonyl (C=O) groups is 2. The van der Waals surface area contributed by atoms with Gasteiger partial charge in [0.1, 0.15) is 11.6 Å². The molecule has 2 amide bonds. The van der Waals surface area contributed by atoms with Gasteiger partial charge in [-0.25, -0.2) is 10.4 Å². The van der Waals surface area contributed by atoms with Gasteiger partial charge in [0.15, 0.2) is 5.69 Å². The van der Waals surface area contributed by atoms with Gasteiger partial charge < -0.3 is 25.0 Å². The number of hydrazine groups is 1. The molecule has 0 saturated carbocycles. The number of aromatic nitrogens is 1. The number of hydrogen-bond acceptors (Lipinski definition) is 9. The third-order valence-electron chi connectivity index (χ3n) is 7.64. The molecule has 0 spiro atoms. The number of halogens is 3. The van der Waals surface area contributed by atoms with Crippen LogP contribution in [0.3, 0.4) is 0 Å². The smallest absolute Gasteiger partial charge is 0.434 e. The lowest BCUT2D eigenvalue weighted by Gasteiger charge is -2.39.